The van der Waals surface area contributed by atoms with Gasteiger partial charge in [0.25, 0.3) is 0 Å². The van der Waals surface area contributed by atoms with E-state index in [4.69, 9.17) is 4.11 Å². The summed E-state index contributed by atoms with van der Waals surface area (Å²) < 4.78 is 33.9. The molecule has 5 heterocycles. The van der Waals surface area contributed by atoms with Gasteiger partial charge in [0.15, 0.2) is 31.0 Å². The summed E-state index contributed by atoms with van der Waals surface area (Å²) in [6.07, 6.45) is 17.1. The normalized spacial score (nSPS) is 11.7. The van der Waals surface area contributed by atoms with Gasteiger partial charge in [-0.3, -0.25) is 0 Å². The lowest BCUT2D eigenvalue weighted by atomic mass is 9.80. The Hall–Kier alpha value is -8.15. The van der Waals surface area contributed by atoms with Gasteiger partial charge in [-0.1, -0.05) is 230 Å². The molecule has 0 saturated heterocycles. The first kappa shape index (κ1) is 91.2. The Kier molecular flexibility index (Phi) is 34.4. The van der Waals surface area contributed by atoms with Crippen LogP contribution in [0.5, 0.6) is 0 Å². The van der Waals surface area contributed by atoms with E-state index in [1.807, 2.05) is 13.0 Å². The first-order valence-corrected chi connectivity index (χ1v) is 37.7. The molecule has 0 amide bonds. The van der Waals surface area contributed by atoms with Gasteiger partial charge >= 0.3 is 0 Å². The average molecular weight is 1450 g/mol. The van der Waals surface area contributed by atoms with Crippen LogP contribution >= 0.6 is 0 Å². The number of aromatic nitrogens is 5. The van der Waals surface area contributed by atoms with Gasteiger partial charge in [0.2, 0.25) is 28.5 Å². The van der Waals surface area contributed by atoms with Crippen LogP contribution < -0.4 is 22.8 Å². The van der Waals surface area contributed by atoms with Gasteiger partial charge in [-0.25, -0.2) is 22.8 Å². The van der Waals surface area contributed by atoms with Gasteiger partial charge in [0, 0.05) is 90.1 Å². The molecule has 10 aromatic rings. The smallest absolute Gasteiger partial charge is 0.201 e. The Labute approximate surface area is 663 Å². The minimum absolute atomic E-state index is 0. The monoisotopic (exact) mass is 1450 g/mol. The Bertz CT molecular complexity index is 4560. The highest BCUT2D eigenvalue weighted by Gasteiger charge is 2.31. The van der Waals surface area contributed by atoms with Gasteiger partial charge in [-0.2, -0.15) is 0 Å². The maximum absolute atomic E-state index is 7.57. The van der Waals surface area contributed by atoms with Gasteiger partial charge in [-0.05, 0) is 229 Å². The molecular formula is C102H154N5+5. The molecule has 107 heavy (non-hydrogen) atoms. The molecule has 0 atom stereocenters. The van der Waals surface area contributed by atoms with E-state index < -0.39 is 6.85 Å². The quantitative estimate of drug-likeness (QED) is 0.0912. The highest BCUT2D eigenvalue weighted by molar-refractivity contribution is 5.66. The number of rotatable bonds is 15. The van der Waals surface area contributed by atoms with Crippen LogP contribution in [-0.2, 0) is 62.3 Å². The van der Waals surface area contributed by atoms with Gasteiger partial charge in [0.05, 0.1) is 0 Å². The molecule has 0 unspecified atom stereocenters. The molecule has 582 valence electrons. The molecule has 0 saturated carbocycles. The van der Waals surface area contributed by atoms with Crippen LogP contribution in [0.1, 0.15) is 272 Å². The van der Waals surface area contributed by atoms with Crippen LogP contribution in [-0.4, -0.2) is 0 Å². The fourth-order valence-corrected chi connectivity index (χ4v) is 14.0. The topological polar surface area (TPSA) is 19.4 Å². The van der Waals surface area contributed by atoms with Crippen molar-refractivity contribution < 1.29 is 26.9 Å². The largest absolute Gasteiger partial charge is 0.212 e. The zero-order valence-corrected chi connectivity index (χ0v) is 69.4. The van der Waals surface area contributed by atoms with E-state index in [2.05, 4.69) is 383 Å². The van der Waals surface area contributed by atoms with Gasteiger partial charge < -0.3 is 0 Å². The third-order valence-corrected chi connectivity index (χ3v) is 22.8. The molecular weight excluding hydrogens is 1300 g/mol. The number of aryl methyl sites for hydroxylation is 17. The maximum atomic E-state index is 7.57. The predicted octanol–water partition coefficient (Wildman–Crippen LogP) is 26.2. The van der Waals surface area contributed by atoms with Crippen molar-refractivity contribution in [1.82, 2.24) is 0 Å². The molecule has 5 aromatic carbocycles. The SMILES string of the molecule is C.C.C.C.C.CCC(C)(C)c1c[n+](C)c(-c2ccc(C)cc2C)cc1C.CCC(C)(C)c1c[n+](C)c(-c2ccccc2C)cc1C.CCC(C)(C)c1c[n+](C)c(-c2ccccc2C)cc1C.CCC(C)(C)c1ccc(-c2ccc(C)cc2C)[n+](C)c1.[2H]C([2H])([2H])c1ccc(-c2cc(C)c(C(C)(C)CC)c[n+]2C)c(C)c1. The van der Waals surface area contributed by atoms with Crippen molar-refractivity contribution in [3.63, 3.8) is 0 Å². The third-order valence-electron chi connectivity index (χ3n) is 22.8. The molecule has 0 spiro atoms. The van der Waals surface area contributed by atoms with E-state index in [-0.39, 0.29) is 64.2 Å². The Balaban J connectivity index is 0.000000681. The van der Waals surface area contributed by atoms with E-state index in [0.29, 0.717) is 5.56 Å². The molecule has 5 heteroatoms. The molecule has 10 rings (SSSR count). The van der Waals surface area contributed by atoms with Crippen molar-refractivity contribution in [2.24, 2.45) is 35.2 Å². The van der Waals surface area contributed by atoms with Gasteiger partial charge in [0.1, 0.15) is 35.2 Å². The summed E-state index contributed by atoms with van der Waals surface area (Å²) in [5.41, 5.74) is 35.5. The summed E-state index contributed by atoms with van der Waals surface area (Å²) in [5.74, 6) is 0. The van der Waals surface area contributed by atoms with E-state index >= 15 is 0 Å². The standard InChI is InChI=1S/2C20H28N.3C19H26N.5CH4/c2*1-8-20(5,6)18-13-21(7)19(12-16(18)4)17-10-9-14(2)11-15(17)3;1-7-19(4,5)16-9-11-18(20(6)13-16)17-10-8-14(2)12-15(17)3;2*1-7-19(4,5)17-13-20(6)18(12-15(17)3)16-11-9-8-10-14(16)2;;;;;/h2*9-13H,8H2,1-7H3;3*8-13H,7H2,1-6H3;5*1H4/q5*+1;;;;;/i2D3;;;;;;;;;. The Morgan fingerprint density at radius 1 is 0.252 bits per heavy atom. The lowest BCUT2D eigenvalue weighted by molar-refractivity contribution is -0.661. The first-order chi connectivity index (χ1) is 48.8. The van der Waals surface area contributed by atoms with Crippen LogP contribution in [0.15, 0.2) is 171 Å². The highest BCUT2D eigenvalue weighted by Crippen LogP contribution is 2.36. The third kappa shape index (κ3) is 23.7. The van der Waals surface area contributed by atoms with E-state index in [1.54, 1.807) is 12.1 Å². The summed E-state index contributed by atoms with van der Waals surface area (Å²) in [7, 11) is 10.7. The van der Waals surface area contributed by atoms with Crippen LogP contribution in [0.2, 0.25) is 0 Å². The van der Waals surface area contributed by atoms with Crippen LogP contribution in [0.4, 0.5) is 0 Å². The molecule has 0 aliphatic carbocycles. The van der Waals surface area contributed by atoms with E-state index in [9.17, 15) is 0 Å². The number of hydrogen-bond acceptors (Lipinski definition) is 0. The minimum atomic E-state index is -2.06. The van der Waals surface area contributed by atoms with Crippen LogP contribution in [0.3, 0.4) is 0 Å². The van der Waals surface area contributed by atoms with Gasteiger partial charge in [-0.15, -0.1) is 0 Å². The highest BCUT2D eigenvalue weighted by atomic mass is 14.9. The summed E-state index contributed by atoms with van der Waals surface area (Å²) in [6, 6.07) is 49.7. The zero-order chi connectivity index (χ0) is 78.8. The molecule has 0 N–H and O–H groups in total. The molecule has 0 aliphatic rings. The summed E-state index contributed by atoms with van der Waals surface area (Å²) >= 11 is 0. The first-order valence-electron chi connectivity index (χ1n) is 39.2. The lowest BCUT2D eigenvalue weighted by Gasteiger charge is -2.24. The van der Waals surface area contributed by atoms with Crippen molar-refractivity contribution >= 4 is 0 Å². The number of benzene rings is 5. The second-order valence-corrected chi connectivity index (χ2v) is 32.9. The molecule has 0 aliphatic heterocycles. The van der Waals surface area contributed by atoms with Crippen molar-refractivity contribution in [1.29, 1.82) is 0 Å². The number of nitrogens with zero attached hydrogens (tertiary/aromatic N) is 5. The van der Waals surface area contributed by atoms with E-state index in [1.165, 1.54) is 128 Å². The Morgan fingerprint density at radius 3 is 0.748 bits per heavy atom. The fourth-order valence-electron chi connectivity index (χ4n) is 14.0. The molecule has 0 bridgehead atoms. The molecule has 0 radical (unpaired) electrons. The minimum Gasteiger partial charge on any atom is -0.201 e. The van der Waals surface area contributed by atoms with E-state index in [0.717, 1.165) is 48.9 Å². The molecule has 5 nitrogen and oxygen atoms in total. The number of pyridine rings is 5. The average Bonchev–Trinajstić information content (AvgIpc) is 0.804. The zero-order valence-electron chi connectivity index (χ0n) is 72.4. The molecule has 0 fully saturated rings. The summed E-state index contributed by atoms with van der Waals surface area (Å²) in [5, 5.41) is 0. The summed E-state index contributed by atoms with van der Waals surface area (Å²) in [6.45, 7) is 56.1. The van der Waals surface area contributed by atoms with Crippen LogP contribution in [0.25, 0.3) is 56.3 Å². The second-order valence-electron chi connectivity index (χ2n) is 32.9. The van der Waals surface area contributed by atoms with Crippen molar-refractivity contribution in [3.05, 3.63) is 265 Å². The van der Waals surface area contributed by atoms with Crippen molar-refractivity contribution in [2.45, 2.75) is 283 Å². The second kappa shape index (κ2) is 40.3. The molecule has 5 aromatic heterocycles. The maximum Gasteiger partial charge on any atom is 0.212 e. The summed E-state index contributed by atoms with van der Waals surface area (Å²) in [4.78, 5) is 0. The predicted molar refractivity (Wildman–Crippen MR) is 472 cm³/mol. The van der Waals surface area contributed by atoms with Crippen LogP contribution in [0, 0.1) is 83.0 Å². The van der Waals surface area contributed by atoms with Crippen molar-refractivity contribution in [2.75, 3.05) is 0 Å². The lowest BCUT2D eigenvalue weighted by Crippen LogP contribution is -2.34. The fraction of sp³-hybridized carbons (Fsp3) is 0.461. The number of hydrogen-bond donors (Lipinski definition) is 0. The van der Waals surface area contributed by atoms with Crippen molar-refractivity contribution in [3.8, 4) is 56.3 Å². The Morgan fingerprint density at radius 2 is 0.495 bits per heavy atom.